The number of nitrogens with one attached hydrogen (secondary N) is 1. The van der Waals surface area contributed by atoms with Crippen LogP contribution < -0.4 is 14.8 Å². The highest BCUT2D eigenvalue weighted by atomic mass is 32.2. The summed E-state index contributed by atoms with van der Waals surface area (Å²) in [4.78, 5) is 50.2. The summed E-state index contributed by atoms with van der Waals surface area (Å²) in [6.07, 6.45) is 1.55. The third-order valence-electron chi connectivity index (χ3n) is 6.17. The van der Waals surface area contributed by atoms with Crippen molar-refractivity contribution in [2.24, 2.45) is 0 Å². The molecule has 3 aromatic carbocycles. The van der Waals surface area contributed by atoms with Gasteiger partial charge in [-0.3, -0.25) is 29.4 Å². The van der Waals surface area contributed by atoms with E-state index in [1.165, 1.54) is 18.2 Å². The molecule has 0 spiro atoms. The molecule has 1 aliphatic rings. The van der Waals surface area contributed by atoms with Crippen LogP contribution in [0.2, 0.25) is 0 Å². The first-order chi connectivity index (χ1) is 19.7. The topological polar surface area (TPSA) is 128 Å². The number of hydrogen-bond donors (Lipinski definition) is 1. The lowest BCUT2D eigenvalue weighted by molar-refractivity contribution is -0.385. The highest BCUT2D eigenvalue weighted by Gasteiger charge is 2.36. The van der Waals surface area contributed by atoms with E-state index in [-0.39, 0.29) is 41.1 Å². The Bertz CT molecular complexity index is 1520. The number of para-hydroxylation sites is 2. The molecule has 212 valence electrons. The Morgan fingerprint density at radius 3 is 2.51 bits per heavy atom. The molecule has 0 unspecified atom stereocenters. The molecule has 3 aromatic rings. The number of carbonyl (C=O) groups excluding carboxylic acids is 3. The fraction of sp³-hybridized carbons (Fsp3) is 0.233. The number of nitro benzene ring substituents is 1. The van der Waals surface area contributed by atoms with E-state index in [0.29, 0.717) is 23.7 Å². The molecule has 1 saturated heterocycles. The summed E-state index contributed by atoms with van der Waals surface area (Å²) in [5, 5.41) is 13.7. The highest BCUT2D eigenvalue weighted by Crippen LogP contribution is 2.36. The molecule has 1 N–H and O–H groups in total. The number of benzene rings is 3. The lowest BCUT2D eigenvalue weighted by Crippen LogP contribution is -2.27. The molecule has 4 rings (SSSR count). The quantitative estimate of drug-likeness (QED) is 0.159. The van der Waals surface area contributed by atoms with Crippen LogP contribution in [0, 0.1) is 10.1 Å². The highest BCUT2D eigenvalue weighted by molar-refractivity contribution is 8.18. The van der Waals surface area contributed by atoms with Crippen molar-refractivity contribution in [1.29, 1.82) is 0 Å². The molecular weight excluding hydrogens is 546 g/mol. The van der Waals surface area contributed by atoms with Gasteiger partial charge in [-0.1, -0.05) is 56.3 Å². The van der Waals surface area contributed by atoms with Crippen molar-refractivity contribution < 1.29 is 28.8 Å². The van der Waals surface area contributed by atoms with Crippen LogP contribution in [0.4, 0.5) is 16.2 Å². The van der Waals surface area contributed by atoms with E-state index in [1.54, 1.807) is 37.3 Å². The number of thioether (sulfide) groups is 1. The fourth-order valence-electron chi connectivity index (χ4n) is 4.23. The summed E-state index contributed by atoms with van der Waals surface area (Å²) in [6.45, 7) is 5.79. The average Bonchev–Trinajstić information content (AvgIpc) is 3.20. The van der Waals surface area contributed by atoms with Gasteiger partial charge in [-0.25, -0.2) is 0 Å². The van der Waals surface area contributed by atoms with Crippen molar-refractivity contribution in [2.75, 3.05) is 18.5 Å². The summed E-state index contributed by atoms with van der Waals surface area (Å²) in [5.41, 5.74) is 2.43. The van der Waals surface area contributed by atoms with Gasteiger partial charge in [-0.15, -0.1) is 0 Å². The van der Waals surface area contributed by atoms with Gasteiger partial charge in [0.1, 0.15) is 0 Å². The van der Waals surface area contributed by atoms with Crippen molar-refractivity contribution in [3.05, 3.63) is 98.4 Å². The molecule has 0 saturated carbocycles. The van der Waals surface area contributed by atoms with E-state index >= 15 is 0 Å². The van der Waals surface area contributed by atoms with Gasteiger partial charge in [0.25, 0.3) is 22.7 Å². The summed E-state index contributed by atoms with van der Waals surface area (Å²) < 4.78 is 11.5. The minimum Gasteiger partial charge on any atom is -0.490 e. The van der Waals surface area contributed by atoms with Crippen LogP contribution in [-0.2, 0) is 16.1 Å². The second-order valence-corrected chi connectivity index (χ2v) is 10.4. The van der Waals surface area contributed by atoms with Gasteiger partial charge in [0.2, 0.25) is 0 Å². The van der Waals surface area contributed by atoms with Crippen molar-refractivity contribution in [2.45, 2.75) is 33.2 Å². The zero-order valence-electron chi connectivity index (χ0n) is 22.8. The zero-order chi connectivity index (χ0) is 29.5. The first-order valence-corrected chi connectivity index (χ1v) is 13.8. The Labute approximate surface area is 241 Å². The van der Waals surface area contributed by atoms with Crippen LogP contribution in [0.25, 0.3) is 6.08 Å². The van der Waals surface area contributed by atoms with Gasteiger partial charge in [0, 0.05) is 17.3 Å². The Hall–Kier alpha value is -4.64. The summed E-state index contributed by atoms with van der Waals surface area (Å²) in [6, 6.07) is 18.5. The third-order valence-corrected chi connectivity index (χ3v) is 7.08. The zero-order valence-corrected chi connectivity index (χ0v) is 23.6. The van der Waals surface area contributed by atoms with Gasteiger partial charge in [0.05, 0.1) is 23.0 Å². The standard InChI is InChI=1S/C30H29N3O7S/c1-4-39-26-15-20(13-14-25(26)40-18-28(34)31-23-11-7-6-10-22(23)19(2)3)16-27-29(35)32(30(36)41-27)17-21-9-5-8-12-24(21)33(37)38/h5-16,19H,4,17-18H2,1-3H3,(H,31,34)/b27-16-. The molecule has 10 nitrogen and oxygen atoms in total. The molecule has 1 aliphatic heterocycles. The molecule has 0 aromatic heterocycles. The smallest absolute Gasteiger partial charge is 0.293 e. The fourth-order valence-corrected chi connectivity index (χ4v) is 5.06. The molecule has 0 atom stereocenters. The first kappa shape index (κ1) is 29.3. The summed E-state index contributed by atoms with van der Waals surface area (Å²) in [7, 11) is 0. The summed E-state index contributed by atoms with van der Waals surface area (Å²) >= 11 is 0.755. The molecular formula is C30H29N3O7S. The van der Waals surface area contributed by atoms with Crippen molar-refractivity contribution in [3.8, 4) is 11.5 Å². The molecule has 0 bridgehead atoms. The SMILES string of the molecule is CCOc1cc(/C=C2\SC(=O)N(Cc3ccccc3[N+](=O)[O-])C2=O)ccc1OCC(=O)Nc1ccccc1C(C)C. The average molecular weight is 576 g/mol. The van der Waals surface area contributed by atoms with Gasteiger partial charge in [0.15, 0.2) is 18.1 Å². The normalized spacial score (nSPS) is 14.0. The number of imide groups is 1. The van der Waals surface area contributed by atoms with Gasteiger partial charge in [-0.05, 0) is 60.0 Å². The Morgan fingerprint density at radius 1 is 1.05 bits per heavy atom. The lowest BCUT2D eigenvalue weighted by atomic mass is 10.0. The van der Waals surface area contributed by atoms with E-state index in [1.807, 2.05) is 38.1 Å². The van der Waals surface area contributed by atoms with E-state index in [2.05, 4.69) is 5.32 Å². The van der Waals surface area contributed by atoms with Crippen LogP contribution >= 0.6 is 11.8 Å². The lowest BCUT2D eigenvalue weighted by Gasteiger charge is -2.15. The Balaban J connectivity index is 1.46. The molecule has 11 heteroatoms. The van der Waals surface area contributed by atoms with E-state index in [0.717, 1.165) is 27.9 Å². The molecule has 1 fully saturated rings. The van der Waals surface area contributed by atoms with E-state index < -0.39 is 16.1 Å². The van der Waals surface area contributed by atoms with Gasteiger partial charge in [-0.2, -0.15) is 0 Å². The molecule has 1 heterocycles. The van der Waals surface area contributed by atoms with Crippen LogP contribution in [0.3, 0.4) is 0 Å². The monoisotopic (exact) mass is 575 g/mol. The number of hydrogen-bond acceptors (Lipinski definition) is 8. The van der Waals surface area contributed by atoms with E-state index in [4.69, 9.17) is 9.47 Å². The first-order valence-electron chi connectivity index (χ1n) is 12.9. The largest absolute Gasteiger partial charge is 0.490 e. The number of nitrogens with zero attached hydrogens (tertiary/aromatic N) is 2. The maximum atomic E-state index is 13.0. The predicted octanol–water partition coefficient (Wildman–Crippen LogP) is 6.37. The minimum atomic E-state index is -0.546. The maximum absolute atomic E-state index is 13.0. The number of ether oxygens (including phenoxy) is 2. The van der Waals surface area contributed by atoms with Gasteiger partial charge < -0.3 is 14.8 Å². The Morgan fingerprint density at radius 2 is 1.78 bits per heavy atom. The Kier molecular flexibility index (Phi) is 9.41. The third kappa shape index (κ3) is 7.12. The molecule has 41 heavy (non-hydrogen) atoms. The van der Waals surface area contributed by atoms with Crippen molar-refractivity contribution in [1.82, 2.24) is 4.90 Å². The number of nitro groups is 1. The second kappa shape index (κ2) is 13.1. The van der Waals surface area contributed by atoms with E-state index in [9.17, 15) is 24.5 Å². The van der Waals surface area contributed by atoms with Crippen LogP contribution in [0.15, 0.2) is 71.6 Å². The number of carbonyl (C=O) groups is 3. The predicted molar refractivity (Wildman–Crippen MR) is 157 cm³/mol. The minimum absolute atomic E-state index is 0.162. The van der Waals surface area contributed by atoms with Crippen molar-refractivity contribution >= 4 is 46.3 Å². The number of amides is 3. The van der Waals surface area contributed by atoms with Crippen molar-refractivity contribution in [3.63, 3.8) is 0 Å². The second-order valence-electron chi connectivity index (χ2n) is 9.37. The van der Waals surface area contributed by atoms with Crippen LogP contribution in [0.5, 0.6) is 11.5 Å². The van der Waals surface area contributed by atoms with Crippen LogP contribution in [-0.4, -0.2) is 40.1 Å². The number of rotatable bonds is 11. The van der Waals surface area contributed by atoms with Crippen LogP contribution in [0.1, 0.15) is 43.4 Å². The molecule has 0 aliphatic carbocycles. The summed E-state index contributed by atoms with van der Waals surface area (Å²) in [5.74, 6) is 0.0890. The molecule has 0 radical (unpaired) electrons. The van der Waals surface area contributed by atoms with Gasteiger partial charge >= 0.3 is 0 Å². The maximum Gasteiger partial charge on any atom is 0.293 e. The number of anilines is 1. The molecule has 3 amide bonds.